The lowest BCUT2D eigenvalue weighted by Gasteiger charge is -2.27. The predicted octanol–water partition coefficient (Wildman–Crippen LogP) is 5.09. The van der Waals surface area contributed by atoms with Gasteiger partial charge in [0.1, 0.15) is 6.61 Å². The van der Waals surface area contributed by atoms with Crippen molar-refractivity contribution < 1.29 is 33.0 Å². The maximum Gasteiger partial charge on any atom is 0.411 e. The summed E-state index contributed by atoms with van der Waals surface area (Å²) in [6, 6.07) is 10.4. The van der Waals surface area contributed by atoms with Gasteiger partial charge in [-0.1, -0.05) is 24.3 Å². The zero-order valence-corrected chi connectivity index (χ0v) is 17.0. The standard InChI is InChI=1S/C23H25F2NO5/c24-19-10-9-17(11-20(19)25)18-3-1-2-4-21(18)26-23(29)31-13-16-7-5-15(6-8-16)12-30-14-22(27)28/h1-4,9-11,15-16H,5-8,12-14H2,(H,26,29)(H,27,28)/t15-,16-. The quantitative estimate of drug-likeness (QED) is 0.606. The molecule has 0 radical (unpaired) electrons. The molecule has 0 aromatic heterocycles. The van der Waals surface area contributed by atoms with Crippen LogP contribution in [-0.4, -0.2) is 37.0 Å². The molecular formula is C23H25F2NO5. The second-order valence-corrected chi connectivity index (χ2v) is 7.69. The number of benzene rings is 2. The Morgan fingerprint density at radius 3 is 2.32 bits per heavy atom. The minimum atomic E-state index is -0.973. The highest BCUT2D eigenvalue weighted by molar-refractivity contribution is 5.91. The second kappa shape index (κ2) is 10.9. The third-order valence-electron chi connectivity index (χ3n) is 5.39. The predicted molar refractivity (Wildman–Crippen MR) is 111 cm³/mol. The molecule has 1 saturated carbocycles. The van der Waals surface area contributed by atoms with Gasteiger partial charge in [0.2, 0.25) is 0 Å². The summed E-state index contributed by atoms with van der Waals surface area (Å²) in [6.45, 7) is 0.429. The van der Waals surface area contributed by atoms with Crippen molar-refractivity contribution in [3.05, 3.63) is 54.1 Å². The topological polar surface area (TPSA) is 84.9 Å². The van der Waals surface area contributed by atoms with Crippen LogP contribution in [0.25, 0.3) is 11.1 Å². The van der Waals surface area contributed by atoms with E-state index in [1.807, 2.05) is 0 Å². The van der Waals surface area contributed by atoms with Crippen molar-refractivity contribution in [3.8, 4) is 11.1 Å². The summed E-state index contributed by atoms with van der Waals surface area (Å²) in [5.74, 6) is -2.30. The molecule has 0 aliphatic heterocycles. The normalized spacial score (nSPS) is 18.4. The number of hydrogen-bond acceptors (Lipinski definition) is 4. The fourth-order valence-electron chi connectivity index (χ4n) is 3.72. The molecule has 8 heteroatoms. The zero-order valence-electron chi connectivity index (χ0n) is 17.0. The molecule has 0 saturated heterocycles. The van der Waals surface area contributed by atoms with Gasteiger partial charge in [-0.2, -0.15) is 0 Å². The number of para-hydroxylation sites is 1. The first-order chi connectivity index (χ1) is 14.9. The van der Waals surface area contributed by atoms with Gasteiger partial charge in [0.25, 0.3) is 0 Å². The van der Waals surface area contributed by atoms with Crippen molar-refractivity contribution >= 4 is 17.7 Å². The number of rotatable bonds is 8. The van der Waals surface area contributed by atoms with Gasteiger partial charge in [0.05, 0.1) is 18.9 Å². The highest BCUT2D eigenvalue weighted by Gasteiger charge is 2.23. The number of halogens is 2. The average Bonchev–Trinajstić information content (AvgIpc) is 2.75. The fourth-order valence-corrected chi connectivity index (χ4v) is 3.72. The van der Waals surface area contributed by atoms with E-state index in [0.29, 0.717) is 29.3 Å². The van der Waals surface area contributed by atoms with Crippen LogP contribution in [0.2, 0.25) is 0 Å². The van der Waals surface area contributed by atoms with Crippen molar-refractivity contribution in [2.24, 2.45) is 11.8 Å². The van der Waals surface area contributed by atoms with E-state index in [1.165, 1.54) is 6.07 Å². The van der Waals surface area contributed by atoms with Gasteiger partial charge in [0, 0.05) is 5.56 Å². The Hall–Kier alpha value is -3.00. The molecular weight excluding hydrogens is 408 g/mol. The summed E-state index contributed by atoms with van der Waals surface area (Å²) in [5, 5.41) is 11.3. The van der Waals surface area contributed by atoms with Crippen molar-refractivity contribution in [2.75, 3.05) is 25.1 Å². The van der Waals surface area contributed by atoms with Gasteiger partial charge in [-0.05, 0) is 61.3 Å². The van der Waals surface area contributed by atoms with Crippen LogP contribution in [0, 0.1) is 23.5 Å². The van der Waals surface area contributed by atoms with Crippen LogP contribution < -0.4 is 5.32 Å². The van der Waals surface area contributed by atoms with Gasteiger partial charge in [-0.3, -0.25) is 5.32 Å². The number of aliphatic carboxylic acids is 1. The van der Waals surface area contributed by atoms with E-state index in [9.17, 15) is 18.4 Å². The first kappa shape index (κ1) is 22.7. The number of ether oxygens (including phenoxy) is 2. The van der Waals surface area contributed by atoms with E-state index in [-0.39, 0.29) is 19.1 Å². The number of carboxylic acid groups (broad SMARTS) is 1. The Bertz CT molecular complexity index is 913. The Balaban J connectivity index is 1.48. The Kier molecular flexibility index (Phi) is 7.94. The van der Waals surface area contributed by atoms with Crippen LogP contribution in [0.1, 0.15) is 25.7 Å². The van der Waals surface area contributed by atoms with Gasteiger partial charge >= 0.3 is 12.1 Å². The van der Waals surface area contributed by atoms with E-state index in [2.05, 4.69) is 5.32 Å². The van der Waals surface area contributed by atoms with Crippen molar-refractivity contribution in [3.63, 3.8) is 0 Å². The van der Waals surface area contributed by atoms with Gasteiger partial charge in [-0.15, -0.1) is 0 Å². The van der Waals surface area contributed by atoms with Crippen LogP contribution in [-0.2, 0) is 14.3 Å². The van der Waals surface area contributed by atoms with Gasteiger partial charge in [0.15, 0.2) is 11.6 Å². The van der Waals surface area contributed by atoms with Crippen LogP contribution in [0.4, 0.5) is 19.3 Å². The summed E-state index contributed by atoms with van der Waals surface area (Å²) >= 11 is 0. The molecule has 2 N–H and O–H groups in total. The third kappa shape index (κ3) is 6.75. The zero-order chi connectivity index (χ0) is 22.2. The number of anilines is 1. The largest absolute Gasteiger partial charge is 0.480 e. The number of amides is 1. The maximum absolute atomic E-state index is 13.6. The minimum Gasteiger partial charge on any atom is -0.480 e. The molecule has 166 valence electrons. The Morgan fingerprint density at radius 1 is 0.968 bits per heavy atom. The number of nitrogens with one attached hydrogen (secondary N) is 1. The van der Waals surface area contributed by atoms with E-state index < -0.39 is 23.7 Å². The summed E-state index contributed by atoms with van der Waals surface area (Å²) < 4.78 is 37.4. The Morgan fingerprint density at radius 2 is 1.65 bits per heavy atom. The van der Waals surface area contributed by atoms with Crippen molar-refractivity contribution in [2.45, 2.75) is 25.7 Å². The van der Waals surface area contributed by atoms with Gasteiger partial charge in [-0.25, -0.2) is 18.4 Å². The molecule has 31 heavy (non-hydrogen) atoms. The summed E-state index contributed by atoms with van der Waals surface area (Å²) in [5.41, 5.74) is 1.44. The summed E-state index contributed by atoms with van der Waals surface area (Å²) in [6.07, 6.45) is 2.93. The molecule has 1 fully saturated rings. The first-order valence-electron chi connectivity index (χ1n) is 10.2. The SMILES string of the molecule is O=C(O)COC[C@H]1CC[C@H](COC(=O)Nc2ccccc2-c2ccc(F)c(F)c2)CC1. The number of carboxylic acids is 1. The Labute approximate surface area is 179 Å². The second-order valence-electron chi connectivity index (χ2n) is 7.69. The van der Waals surface area contributed by atoms with Crippen molar-refractivity contribution in [1.82, 2.24) is 0 Å². The lowest BCUT2D eigenvalue weighted by molar-refractivity contribution is -0.142. The molecule has 1 amide bonds. The molecule has 1 aliphatic rings. The molecule has 3 rings (SSSR count). The van der Waals surface area contributed by atoms with E-state index in [0.717, 1.165) is 37.8 Å². The molecule has 0 spiro atoms. The minimum absolute atomic E-state index is 0.239. The third-order valence-corrected chi connectivity index (χ3v) is 5.39. The van der Waals surface area contributed by atoms with E-state index >= 15 is 0 Å². The number of carbonyl (C=O) groups excluding carboxylic acids is 1. The molecule has 0 bridgehead atoms. The average molecular weight is 433 g/mol. The monoisotopic (exact) mass is 433 g/mol. The van der Waals surface area contributed by atoms with Crippen LogP contribution >= 0.6 is 0 Å². The van der Waals surface area contributed by atoms with E-state index in [4.69, 9.17) is 14.6 Å². The molecule has 1 aliphatic carbocycles. The maximum atomic E-state index is 13.6. The van der Waals surface area contributed by atoms with Gasteiger partial charge < -0.3 is 14.6 Å². The summed E-state index contributed by atoms with van der Waals surface area (Å²) in [7, 11) is 0. The van der Waals surface area contributed by atoms with Crippen LogP contribution in [0.15, 0.2) is 42.5 Å². The fraction of sp³-hybridized carbons (Fsp3) is 0.391. The highest BCUT2D eigenvalue weighted by atomic mass is 19.2. The smallest absolute Gasteiger partial charge is 0.411 e. The van der Waals surface area contributed by atoms with E-state index in [1.54, 1.807) is 24.3 Å². The molecule has 0 atom stereocenters. The highest BCUT2D eigenvalue weighted by Crippen LogP contribution is 2.31. The number of hydrogen-bond donors (Lipinski definition) is 2. The lowest BCUT2D eigenvalue weighted by Crippen LogP contribution is -2.25. The van der Waals surface area contributed by atoms with Crippen LogP contribution in [0.3, 0.4) is 0 Å². The molecule has 2 aromatic rings. The molecule has 0 heterocycles. The summed E-state index contributed by atoms with van der Waals surface area (Å²) in [4.78, 5) is 22.8. The molecule has 2 aromatic carbocycles. The first-order valence-corrected chi connectivity index (χ1v) is 10.2. The van der Waals surface area contributed by atoms with Crippen molar-refractivity contribution in [1.29, 1.82) is 0 Å². The number of carbonyl (C=O) groups is 2. The van der Waals surface area contributed by atoms with Crippen LogP contribution in [0.5, 0.6) is 0 Å². The molecule has 6 nitrogen and oxygen atoms in total. The lowest BCUT2D eigenvalue weighted by atomic mass is 9.83. The molecule has 0 unspecified atom stereocenters.